The van der Waals surface area contributed by atoms with Gasteiger partial charge >= 0.3 is 0 Å². The van der Waals surface area contributed by atoms with Crippen LogP contribution in [0.3, 0.4) is 0 Å². The second kappa shape index (κ2) is 6.97. The van der Waals surface area contributed by atoms with Gasteiger partial charge in [0.25, 0.3) is 5.69 Å². The van der Waals surface area contributed by atoms with E-state index in [1.54, 1.807) is 43.3 Å². The molecule has 0 bridgehead atoms. The molecular weight excluding hydrogens is 314 g/mol. The lowest BCUT2D eigenvalue weighted by molar-refractivity contribution is -0.385. The summed E-state index contributed by atoms with van der Waals surface area (Å²) in [6.45, 7) is 3.14. The molecule has 0 radical (unpaired) electrons. The first-order valence-electron chi connectivity index (χ1n) is 6.81. The van der Waals surface area contributed by atoms with Crippen LogP contribution in [0.4, 0.5) is 17.1 Å². The van der Waals surface area contributed by atoms with Gasteiger partial charge < -0.3 is 10.6 Å². The lowest BCUT2D eigenvalue weighted by Crippen LogP contribution is -2.20. The summed E-state index contributed by atoms with van der Waals surface area (Å²) in [5.41, 5.74) is 2.32. The normalized spacial score (nSPS) is 10.0. The molecule has 2 rings (SSSR count). The van der Waals surface area contributed by atoms with Gasteiger partial charge in [0.2, 0.25) is 0 Å². The van der Waals surface area contributed by atoms with Crippen molar-refractivity contribution >= 4 is 40.2 Å². The first kappa shape index (κ1) is 16.6. The van der Waals surface area contributed by atoms with Crippen LogP contribution in [-0.4, -0.2) is 15.8 Å². The van der Waals surface area contributed by atoms with E-state index in [9.17, 15) is 14.9 Å². The maximum Gasteiger partial charge on any atom is 0.274 e. The number of anilines is 2. The molecule has 23 heavy (non-hydrogen) atoms. The molecule has 0 heterocycles. The van der Waals surface area contributed by atoms with Crippen molar-refractivity contribution in [2.45, 2.75) is 13.8 Å². The summed E-state index contributed by atoms with van der Waals surface area (Å²) in [7, 11) is 0. The monoisotopic (exact) mass is 329 g/mol. The summed E-state index contributed by atoms with van der Waals surface area (Å²) in [5.74, 6) is -0.0398. The third-order valence-electron chi connectivity index (χ3n) is 3.28. The number of nitrogens with one attached hydrogen (secondary N) is 2. The predicted octanol–water partition coefficient (Wildman–Crippen LogP) is 3.91. The summed E-state index contributed by atoms with van der Waals surface area (Å²) in [4.78, 5) is 21.9. The molecule has 0 aliphatic heterocycles. The van der Waals surface area contributed by atoms with E-state index in [1.807, 2.05) is 0 Å². The Labute approximate surface area is 138 Å². The van der Waals surface area contributed by atoms with Crippen molar-refractivity contribution in [3.63, 3.8) is 0 Å². The van der Waals surface area contributed by atoms with E-state index in [4.69, 9.17) is 12.2 Å². The lowest BCUT2D eigenvalue weighted by Gasteiger charge is -2.13. The lowest BCUT2D eigenvalue weighted by atomic mass is 10.1. The Kier molecular flexibility index (Phi) is 5.02. The average molecular weight is 329 g/mol. The highest BCUT2D eigenvalue weighted by atomic mass is 32.1. The number of ketones is 1. The van der Waals surface area contributed by atoms with Gasteiger partial charge in [0.1, 0.15) is 0 Å². The first-order chi connectivity index (χ1) is 10.9. The first-order valence-corrected chi connectivity index (χ1v) is 7.22. The van der Waals surface area contributed by atoms with Crippen molar-refractivity contribution in [3.05, 3.63) is 63.7 Å². The standard InChI is InChI=1S/C16H15N3O3S/c1-10-14(7-4-8-15(10)19(21)22)18-16(23)17-13-6-3-5-12(9-13)11(2)20/h3-9H,1-2H3,(H2,17,18,23). The summed E-state index contributed by atoms with van der Waals surface area (Å²) in [6, 6.07) is 11.7. The number of hydrogen-bond acceptors (Lipinski definition) is 4. The number of carbonyl (C=O) groups is 1. The summed E-state index contributed by atoms with van der Waals surface area (Å²) in [6.07, 6.45) is 0. The Morgan fingerprint density at radius 1 is 1.17 bits per heavy atom. The second-order valence-electron chi connectivity index (χ2n) is 4.92. The van der Waals surface area contributed by atoms with Crippen molar-refractivity contribution in [3.8, 4) is 0 Å². The number of thiocarbonyl (C=S) groups is 1. The fourth-order valence-electron chi connectivity index (χ4n) is 2.06. The maximum absolute atomic E-state index is 11.4. The summed E-state index contributed by atoms with van der Waals surface area (Å²) < 4.78 is 0. The highest BCUT2D eigenvalue weighted by Crippen LogP contribution is 2.25. The largest absolute Gasteiger partial charge is 0.332 e. The minimum atomic E-state index is -0.437. The molecule has 0 unspecified atom stereocenters. The highest BCUT2D eigenvalue weighted by Gasteiger charge is 2.13. The molecule has 0 spiro atoms. The van der Waals surface area contributed by atoms with Crippen LogP contribution in [-0.2, 0) is 0 Å². The summed E-state index contributed by atoms with van der Waals surface area (Å²) >= 11 is 5.22. The van der Waals surface area contributed by atoms with Gasteiger partial charge in [-0.2, -0.15) is 0 Å². The van der Waals surface area contributed by atoms with Gasteiger partial charge in [-0.15, -0.1) is 0 Å². The molecule has 0 aliphatic rings. The van der Waals surface area contributed by atoms with Crippen molar-refractivity contribution in [2.75, 3.05) is 10.6 Å². The quantitative estimate of drug-likeness (QED) is 0.383. The van der Waals surface area contributed by atoms with Gasteiger partial charge in [0.05, 0.1) is 16.2 Å². The predicted molar refractivity (Wildman–Crippen MR) is 94.1 cm³/mol. The van der Waals surface area contributed by atoms with Gasteiger partial charge in [-0.3, -0.25) is 14.9 Å². The topological polar surface area (TPSA) is 84.3 Å². The fourth-order valence-corrected chi connectivity index (χ4v) is 2.29. The number of hydrogen-bond donors (Lipinski definition) is 2. The van der Waals surface area contributed by atoms with Gasteiger partial charge in [-0.05, 0) is 44.3 Å². The number of Topliss-reactive ketones (excluding diaryl/α,β-unsaturated/α-hetero) is 1. The van der Waals surface area contributed by atoms with Crippen molar-refractivity contribution in [1.29, 1.82) is 0 Å². The number of rotatable bonds is 4. The number of nitro benzene ring substituents is 1. The molecule has 0 saturated carbocycles. The zero-order chi connectivity index (χ0) is 17.0. The Morgan fingerprint density at radius 3 is 2.52 bits per heavy atom. The smallest absolute Gasteiger partial charge is 0.274 e. The fraction of sp³-hybridized carbons (Fsp3) is 0.125. The van der Waals surface area contributed by atoms with Crippen LogP contribution in [0.15, 0.2) is 42.5 Å². The van der Waals surface area contributed by atoms with E-state index >= 15 is 0 Å². The number of nitrogens with zero attached hydrogens (tertiary/aromatic N) is 1. The minimum Gasteiger partial charge on any atom is -0.332 e. The second-order valence-corrected chi connectivity index (χ2v) is 5.33. The van der Waals surface area contributed by atoms with E-state index in [1.165, 1.54) is 13.0 Å². The molecule has 7 heteroatoms. The van der Waals surface area contributed by atoms with E-state index < -0.39 is 4.92 Å². The van der Waals surface area contributed by atoms with Crippen LogP contribution in [0.1, 0.15) is 22.8 Å². The third-order valence-corrected chi connectivity index (χ3v) is 3.48. The molecular formula is C16H15N3O3S. The van der Waals surface area contributed by atoms with Crippen LogP contribution in [0.5, 0.6) is 0 Å². The highest BCUT2D eigenvalue weighted by molar-refractivity contribution is 7.80. The Bertz CT molecular complexity index is 790. The molecule has 0 aliphatic carbocycles. The van der Waals surface area contributed by atoms with Crippen LogP contribution >= 0.6 is 12.2 Å². The van der Waals surface area contributed by atoms with E-state index in [0.717, 1.165) is 0 Å². The number of nitro groups is 1. The molecule has 2 aromatic carbocycles. The van der Waals surface area contributed by atoms with Crippen molar-refractivity contribution < 1.29 is 9.72 Å². The third kappa shape index (κ3) is 4.10. The van der Waals surface area contributed by atoms with Gasteiger partial charge in [-0.25, -0.2) is 0 Å². The average Bonchev–Trinajstić information content (AvgIpc) is 2.49. The zero-order valence-electron chi connectivity index (χ0n) is 12.6. The van der Waals surface area contributed by atoms with E-state index in [2.05, 4.69) is 10.6 Å². The molecule has 118 valence electrons. The van der Waals surface area contributed by atoms with Crippen molar-refractivity contribution in [1.82, 2.24) is 0 Å². The Hall–Kier alpha value is -2.80. The molecule has 2 N–H and O–H groups in total. The SMILES string of the molecule is CC(=O)c1cccc(NC(=S)Nc2cccc([N+](=O)[O-])c2C)c1. The van der Waals surface area contributed by atoms with Gasteiger partial charge in [0.15, 0.2) is 10.9 Å². The summed E-state index contributed by atoms with van der Waals surface area (Å²) in [5, 5.41) is 17.1. The van der Waals surface area contributed by atoms with Crippen LogP contribution in [0.2, 0.25) is 0 Å². The van der Waals surface area contributed by atoms with Crippen LogP contribution in [0, 0.1) is 17.0 Å². The molecule has 2 aromatic rings. The van der Waals surface area contributed by atoms with E-state index in [-0.39, 0.29) is 16.6 Å². The van der Waals surface area contributed by atoms with Crippen LogP contribution < -0.4 is 10.6 Å². The Balaban J connectivity index is 2.14. The number of carbonyl (C=O) groups excluding carboxylic acids is 1. The maximum atomic E-state index is 11.4. The Morgan fingerprint density at radius 2 is 1.87 bits per heavy atom. The minimum absolute atomic E-state index is 0.0244. The molecule has 0 aromatic heterocycles. The molecule has 0 amide bonds. The molecule has 0 fully saturated rings. The number of benzene rings is 2. The van der Waals surface area contributed by atoms with Crippen LogP contribution in [0.25, 0.3) is 0 Å². The zero-order valence-corrected chi connectivity index (χ0v) is 13.4. The molecule has 0 atom stereocenters. The van der Waals surface area contributed by atoms with Gasteiger partial charge in [0, 0.05) is 17.3 Å². The van der Waals surface area contributed by atoms with Gasteiger partial charge in [-0.1, -0.05) is 18.2 Å². The molecule has 6 nitrogen and oxygen atoms in total. The molecule has 0 saturated heterocycles. The van der Waals surface area contributed by atoms with Crippen molar-refractivity contribution in [2.24, 2.45) is 0 Å². The van der Waals surface area contributed by atoms with E-state index in [0.29, 0.717) is 22.5 Å².